The van der Waals surface area contributed by atoms with Crippen LogP contribution in [0.2, 0.25) is 0 Å². The van der Waals surface area contributed by atoms with Gasteiger partial charge in [-0.2, -0.15) is 0 Å². The first kappa shape index (κ1) is 15.3. The fraction of sp³-hybridized carbons (Fsp3) is 0.133. The first-order valence-electron chi connectivity index (χ1n) is 6.03. The summed E-state index contributed by atoms with van der Waals surface area (Å²) >= 11 is 5.74. The van der Waals surface area contributed by atoms with Gasteiger partial charge in [-0.3, -0.25) is 0 Å². The average Bonchev–Trinajstić information content (AvgIpc) is 2.45. The Labute approximate surface area is 140 Å². The first-order valence-corrected chi connectivity index (χ1v) is 8.35. The van der Waals surface area contributed by atoms with Crippen LogP contribution in [0.15, 0.2) is 59.1 Å². The van der Waals surface area contributed by atoms with Crippen LogP contribution in [0.1, 0.15) is 11.1 Å². The highest BCUT2D eigenvalue weighted by molar-refractivity contribution is 14.1. The number of primary amides is 1. The number of alkyl halides is 1. The minimum absolute atomic E-state index is 0.537. The van der Waals surface area contributed by atoms with Gasteiger partial charge in [0.15, 0.2) is 0 Å². The number of hydrogen-bond acceptors (Lipinski definition) is 1. The number of nitrogens with two attached hydrogens (primary N) is 1. The molecule has 3 N–H and O–H groups in total. The molecule has 1 atom stereocenters. The molecule has 0 fully saturated rings. The van der Waals surface area contributed by atoms with Crippen molar-refractivity contribution in [2.45, 2.75) is 5.54 Å². The summed E-state index contributed by atoms with van der Waals surface area (Å²) in [5.41, 5.74) is 6.77. The number of carbonyl (C=O) groups is 1. The van der Waals surface area contributed by atoms with E-state index >= 15 is 0 Å². The summed E-state index contributed by atoms with van der Waals surface area (Å²) in [4.78, 5) is 11.5. The highest BCUT2D eigenvalue weighted by Crippen LogP contribution is 2.33. The van der Waals surface area contributed by atoms with Crippen molar-refractivity contribution in [3.05, 3.63) is 70.2 Å². The van der Waals surface area contributed by atoms with Crippen LogP contribution in [0, 0.1) is 0 Å². The Kier molecular flexibility index (Phi) is 5.04. The van der Waals surface area contributed by atoms with E-state index in [-0.39, 0.29) is 0 Å². The van der Waals surface area contributed by atoms with Crippen molar-refractivity contribution in [2.24, 2.45) is 5.73 Å². The molecule has 3 nitrogen and oxygen atoms in total. The van der Waals surface area contributed by atoms with Crippen LogP contribution in [-0.4, -0.2) is 10.5 Å². The summed E-state index contributed by atoms with van der Waals surface area (Å²) in [6.45, 7) is 0. The van der Waals surface area contributed by atoms with Gasteiger partial charge in [0.1, 0.15) is 5.54 Å². The van der Waals surface area contributed by atoms with E-state index in [0.717, 1.165) is 15.6 Å². The summed E-state index contributed by atoms with van der Waals surface area (Å²) in [5, 5.41) is 2.91. The second-order valence-corrected chi connectivity index (χ2v) is 6.08. The normalized spacial score (nSPS) is 13.5. The van der Waals surface area contributed by atoms with Crippen molar-refractivity contribution < 1.29 is 4.79 Å². The number of nitrogens with one attached hydrogen (secondary N) is 1. The maximum absolute atomic E-state index is 11.5. The van der Waals surface area contributed by atoms with E-state index in [1.54, 1.807) is 0 Å². The van der Waals surface area contributed by atoms with Crippen molar-refractivity contribution in [1.82, 2.24) is 5.32 Å². The number of amides is 2. The number of urea groups is 1. The molecule has 0 heterocycles. The van der Waals surface area contributed by atoms with Gasteiger partial charge in [0.25, 0.3) is 0 Å². The second kappa shape index (κ2) is 6.58. The molecule has 0 bridgehead atoms. The third-order valence-corrected chi connectivity index (χ3v) is 4.76. The highest BCUT2D eigenvalue weighted by Gasteiger charge is 2.34. The summed E-state index contributed by atoms with van der Waals surface area (Å²) in [6.07, 6.45) is 0. The van der Waals surface area contributed by atoms with E-state index in [1.807, 2.05) is 54.6 Å². The van der Waals surface area contributed by atoms with Crippen LogP contribution >= 0.6 is 38.5 Å². The fourth-order valence-corrected chi connectivity index (χ4v) is 3.66. The van der Waals surface area contributed by atoms with Crippen molar-refractivity contribution in [2.75, 3.05) is 4.43 Å². The zero-order valence-electron chi connectivity index (χ0n) is 10.6. The van der Waals surface area contributed by atoms with Crippen molar-refractivity contribution in [1.29, 1.82) is 0 Å². The number of carbonyl (C=O) groups excluding carboxylic acids is 1. The van der Waals surface area contributed by atoms with Crippen LogP contribution in [0.5, 0.6) is 0 Å². The van der Waals surface area contributed by atoms with Gasteiger partial charge in [-0.1, -0.05) is 81.0 Å². The van der Waals surface area contributed by atoms with E-state index in [9.17, 15) is 4.79 Å². The third kappa shape index (κ3) is 3.15. The van der Waals surface area contributed by atoms with Crippen LogP contribution in [0.4, 0.5) is 4.79 Å². The average molecular weight is 445 g/mol. The molecule has 104 valence electrons. The minimum atomic E-state index is -0.628. The predicted molar refractivity (Wildman–Crippen MR) is 93.0 cm³/mol. The molecule has 0 aliphatic carbocycles. The van der Waals surface area contributed by atoms with Crippen LogP contribution in [0.3, 0.4) is 0 Å². The molecule has 2 rings (SSSR count). The molecule has 0 saturated heterocycles. The standard InChI is InChI=1S/C15H14BrIN2O/c16-13-8-4-7-12(9-13)15(10-17,19-14(18)20)11-5-2-1-3-6-11/h1-9H,10H2,(H3,18,19,20). The fourth-order valence-electron chi connectivity index (χ4n) is 2.19. The number of halogens is 2. The SMILES string of the molecule is NC(=O)NC(CI)(c1ccccc1)c1cccc(Br)c1. The quantitative estimate of drug-likeness (QED) is 0.547. The largest absolute Gasteiger partial charge is 0.352 e. The molecule has 0 aromatic heterocycles. The topological polar surface area (TPSA) is 55.1 Å². The molecular formula is C15H14BrIN2O. The van der Waals surface area contributed by atoms with Crippen molar-refractivity contribution >= 4 is 44.6 Å². The van der Waals surface area contributed by atoms with Gasteiger partial charge in [-0.05, 0) is 23.3 Å². The van der Waals surface area contributed by atoms with E-state index in [2.05, 4.69) is 43.8 Å². The summed E-state index contributed by atoms with van der Waals surface area (Å²) in [6, 6.07) is 17.2. The smallest absolute Gasteiger partial charge is 0.313 e. The summed E-state index contributed by atoms with van der Waals surface area (Å²) in [7, 11) is 0. The molecule has 0 aliphatic heterocycles. The molecule has 0 aliphatic rings. The molecule has 1 unspecified atom stereocenters. The van der Waals surface area contributed by atoms with Crippen molar-refractivity contribution in [3.8, 4) is 0 Å². The predicted octanol–water partition coefficient (Wildman–Crippen LogP) is 3.80. The minimum Gasteiger partial charge on any atom is -0.352 e. The molecule has 5 heteroatoms. The van der Waals surface area contributed by atoms with E-state index in [4.69, 9.17) is 5.73 Å². The third-order valence-electron chi connectivity index (χ3n) is 3.12. The van der Waals surface area contributed by atoms with E-state index in [1.165, 1.54) is 0 Å². The van der Waals surface area contributed by atoms with Gasteiger partial charge in [0.2, 0.25) is 0 Å². The lowest BCUT2D eigenvalue weighted by Gasteiger charge is -2.34. The van der Waals surface area contributed by atoms with E-state index < -0.39 is 11.6 Å². The maximum atomic E-state index is 11.5. The molecule has 2 aromatic rings. The monoisotopic (exact) mass is 444 g/mol. The lowest BCUT2D eigenvalue weighted by atomic mass is 9.84. The Balaban J connectivity index is 2.62. The Morgan fingerprint density at radius 3 is 2.35 bits per heavy atom. The molecular weight excluding hydrogens is 431 g/mol. The van der Waals surface area contributed by atoms with Gasteiger partial charge >= 0.3 is 6.03 Å². The molecule has 0 spiro atoms. The summed E-state index contributed by atoms with van der Waals surface area (Å²) < 4.78 is 1.64. The van der Waals surface area contributed by atoms with Crippen LogP contribution < -0.4 is 11.1 Å². The molecule has 2 aromatic carbocycles. The zero-order chi connectivity index (χ0) is 14.6. The van der Waals surface area contributed by atoms with Gasteiger partial charge < -0.3 is 11.1 Å². The Morgan fingerprint density at radius 1 is 1.15 bits per heavy atom. The van der Waals surface area contributed by atoms with Gasteiger partial charge in [0.05, 0.1) is 0 Å². The van der Waals surface area contributed by atoms with Gasteiger partial charge in [-0.25, -0.2) is 4.79 Å². The van der Waals surface area contributed by atoms with Crippen molar-refractivity contribution in [3.63, 3.8) is 0 Å². The molecule has 2 amide bonds. The molecule has 20 heavy (non-hydrogen) atoms. The summed E-state index contributed by atoms with van der Waals surface area (Å²) in [5.74, 6) is 0. The first-order chi connectivity index (χ1) is 9.58. The molecule has 0 saturated carbocycles. The number of hydrogen-bond donors (Lipinski definition) is 2. The van der Waals surface area contributed by atoms with E-state index in [0.29, 0.717) is 4.43 Å². The zero-order valence-corrected chi connectivity index (χ0v) is 14.4. The lowest BCUT2D eigenvalue weighted by Crippen LogP contribution is -2.50. The lowest BCUT2D eigenvalue weighted by molar-refractivity contribution is 0.241. The van der Waals surface area contributed by atoms with Crippen LogP contribution in [-0.2, 0) is 5.54 Å². The van der Waals surface area contributed by atoms with Crippen LogP contribution in [0.25, 0.3) is 0 Å². The Bertz CT molecular complexity index is 606. The Morgan fingerprint density at radius 2 is 1.80 bits per heavy atom. The van der Waals surface area contributed by atoms with Gasteiger partial charge in [-0.15, -0.1) is 0 Å². The number of rotatable bonds is 4. The molecule has 0 radical (unpaired) electrons. The highest BCUT2D eigenvalue weighted by atomic mass is 127. The number of benzene rings is 2. The Hall–Kier alpha value is -1.08. The van der Waals surface area contributed by atoms with Gasteiger partial charge in [0, 0.05) is 8.90 Å². The maximum Gasteiger partial charge on any atom is 0.313 e. The second-order valence-electron chi connectivity index (χ2n) is 4.40.